The Kier molecular flexibility index (Phi) is 5.51. The Morgan fingerprint density at radius 3 is 2.70 bits per heavy atom. The standard InChI is InChI=1S/C13H8BrCl2FN2O4/c14-6-3-5(1-2-7(6)20)23-11-9(15)12(17)19-13(10(11)16)18-4-8(21)22/h1-3,20H,4H2,(H,18,19)(H,21,22). The number of pyridine rings is 1. The zero-order chi connectivity index (χ0) is 17.1. The third-order valence-corrected chi connectivity index (χ3v) is 3.86. The second kappa shape index (κ2) is 7.20. The van der Waals surface area contributed by atoms with Crippen molar-refractivity contribution in [1.29, 1.82) is 0 Å². The van der Waals surface area contributed by atoms with Gasteiger partial charge in [0.15, 0.2) is 11.6 Å². The molecule has 1 aromatic heterocycles. The number of carbonyl (C=O) groups is 1. The minimum absolute atomic E-state index is 0.0146. The minimum Gasteiger partial charge on any atom is -0.507 e. The first-order valence-corrected chi connectivity index (χ1v) is 7.51. The van der Waals surface area contributed by atoms with Crippen LogP contribution in [0.1, 0.15) is 0 Å². The van der Waals surface area contributed by atoms with E-state index in [0.29, 0.717) is 4.47 Å². The first-order chi connectivity index (χ1) is 10.8. The van der Waals surface area contributed by atoms with Gasteiger partial charge in [-0.05, 0) is 34.1 Å². The van der Waals surface area contributed by atoms with Crippen molar-refractivity contribution in [3.63, 3.8) is 0 Å². The summed E-state index contributed by atoms with van der Waals surface area (Å²) >= 11 is 14.9. The molecule has 0 aliphatic rings. The molecular formula is C13H8BrCl2FN2O4. The highest BCUT2D eigenvalue weighted by atomic mass is 79.9. The van der Waals surface area contributed by atoms with Crippen molar-refractivity contribution in [2.24, 2.45) is 0 Å². The molecule has 10 heteroatoms. The fourth-order valence-corrected chi connectivity index (χ4v) is 2.35. The van der Waals surface area contributed by atoms with Crippen molar-refractivity contribution in [2.75, 3.05) is 11.9 Å². The number of benzene rings is 1. The van der Waals surface area contributed by atoms with E-state index in [0.717, 1.165) is 0 Å². The molecule has 23 heavy (non-hydrogen) atoms. The molecule has 0 saturated heterocycles. The number of nitrogens with one attached hydrogen (secondary N) is 1. The van der Waals surface area contributed by atoms with Crippen LogP contribution in [-0.4, -0.2) is 27.7 Å². The lowest BCUT2D eigenvalue weighted by Crippen LogP contribution is -2.14. The van der Waals surface area contributed by atoms with Gasteiger partial charge in [0.05, 0.1) is 4.47 Å². The molecular weight excluding hydrogens is 418 g/mol. The number of phenols is 1. The zero-order valence-corrected chi connectivity index (χ0v) is 14.2. The number of rotatable bonds is 5. The smallest absolute Gasteiger partial charge is 0.322 e. The van der Waals surface area contributed by atoms with Gasteiger partial charge in [-0.15, -0.1) is 0 Å². The van der Waals surface area contributed by atoms with E-state index in [1.165, 1.54) is 18.2 Å². The monoisotopic (exact) mass is 424 g/mol. The number of aromatic nitrogens is 1. The Hall–Kier alpha value is -1.77. The van der Waals surface area contributed by atoms with E-state index in [1.807, 2.05) is 0 Å². The molecule has 0 bridgehead atoms. The van der Waals surface area contributed by atoms with Gasteiger partial charge in [0, 0.05) is 0 Å². The molecule has 122 valence electrons. The molecule has 3 N–H and O–H groups in total. The molecule has 0 fully saturated rings. The van der Waals surface area contributed by atoms with Crippen LogP contribution in [0.2, 0.25) is 10.0 Å². The third kappa shape index (κ3) is 4.15. The molecule has 2 rings (SSSR count). The number of ether oxygens (including phenoxy) is 1. The fourth-order valence-electron chi connectivity index (χ4n) is 1.53. The predicted octanol–water partition coefficient (Wildman–Crippen LogP) is 4.28. The van der Waals surface area contributed by atoms with E-state index in [1.54, 1.807) is 0 Å². The van der Waals surface area contributed by atoms with E-state index in [-0.39, 0.29) is 28.1 Å². The Morgan fingerprint density at radius 1 is 1.39 bits per heavy atom. The van der Waals surface area contributed by atoms with Gasteiger partial charge in [-0.25, -0.2) is 0 Å². The number of nitrogens with zero attached hydrogens (tertiary/aromatic N) is 1. The second-order valence-corrected chi connectivity index (χ2v) is 5.78. The van der Waals surface area contributed by atoms with Crippen molar-refractivity contribution in [2.45, 2.75) is 0 Å². The average Bonchev–Trinajstić information content (AvgIpc) is 2.49. The fraction of sp³-hybridized carbons (Fsp3) is 0.0769. The SMILES string of the molecule is O=C(O)CNc1nc(F)c(Cl)c(Oc2ccc(O)c(Br)c2)c1Cl. The van der Waals surface area contributed by atoms with Crippen LogP contribution in [0, 0.1) is 5.95 Å². The van der Waals surface area contributed by atoms with Crippen molar-refractivity contribution in [3.05, 3.63) is 38.7 Å². The van der Waals surface area contributed by atoms with Crippen LogP contribution in [-0.2, 0) is 4.79 Å². The molecule has 2 aromatic rings. The third-order valence-electron chi connectivity index (χ3n) is 2.54. The zero-order valence-electron chi connectivity index (χ0n) is 11.1. The van der Waals surface area contributed by atoms with Gasteiger partial charge in [0.25, 0.3) is 0 Å². The lowest BCUT2D eigenvalue weighted by Gasteiger charge is -2.13. The maximum atomic E-state index is 13.8. The van der Waals surface area contributed by atoms with Crippen LogP contribution >= 0.6 is 39.1 Å². The number of anilines is 1. The molecule has 0 spiro atoms. The summed E-state index contributed by atoms with van der Waals surface area (Å²) in [4.78, 5) is 14.0. The Labute approximate surface area is 147 Å². The molecule has 0 saturated carbocycles. The van der Waals surface area contributed by atoms with Gasteiger partial charge >= 0.3 is 5.97 Å². The molecule has 1 heterocycles. The summed E-state index contributed by atoms with van der Waals surface area (Å²) in [5.41, 5.74) is 0. The van der Waals surface area contributed by atoms with E-state index in [9.17, 15) is 14.3 Å². The quantitative estimate of drug-likeness (QED) is 0.619. The normalized spacial score (nSPS) is 10.4. The topological polar surface area (TPSA) is 91.7 Å². The minimum atomic E-state index is -1.18. The second-order valence-electron chi connectivity index (χ2n) is 4.17. The van der Waals surface area contributed by atoms with Crippen LogP contribution in [0.3, 0.4) is 0 Å². The molecule has 0 atom stereocenters. The van der Waals surface area contributed by atoms with Crippen LogP contribution in [0.5, 0.6) is 17.2 Å². The Bertz CT molecular complexity index is 776. The highest BCUT2D eigenvalue weighted by molar-refractivity contribution is 9.10. The first kappa shape index (κ1) is 17.6. The van der Waals surface area contributed by atoms with Crippen molar-refractivity contribution in [1.82, 2.24) is 4.98 Å². The summed E-state index contributed by atoms with van der Waals surface area (Å²) in [5, 5.41) is 19.8. The average molecular weight is 426 g/mol. The number of hydrogen-bond acceptors (Lipinski definition) is 5. The summed E-state index contributed by atoms with van der Waals surface area (Å²) in [7, 11) is 0. The number of hydrogen-bond donors (Lipinski definition) is 3. The van der Waals surface area contributed by atoms with Crippen LogP contribution < -0.4 is 10.1 Å². The van der Waals surface area contributed by atoms with Gasteiger partial charge in [0.2, 0.25) is 5.95 Å². The lowest BCUT2D eigenvalue weighted by molar-refractivity contribution is -0.134. The number of halogens is 4. The number of aromatic hydroxyl groups is 1. The van der Waals surface area contributed by atoms with Crippen LogP contribution in [0.15, 0.2) is 22.7 Å². The number of carboxylic acids is 1. The maximum absolute atomic E-state index is 13.8. The van der Waals surface area contributed by atoms with E-state index in [4.69, 9.17) is 33.0 Å². The number of carboxylic acid groups (broad SMARTS) is 1. The molecule has 0 aliphatic carbocycles. The summed E-state index contributed by atoms with van der Waals surface area (Å²) in [6, 6.07) is 4.18. The lowest BCUT2D eigenvalue weighted by atomic mass is 10.3. The summed E-state index contributed by atoms with van der Waals surface area (Å²) in [5.74, 6) is -2.50. The van der Waals surface area contributed by atoms with Gasteiger partial charge < -0.3 is 20.3 Å². The van der Waals surface area contributed by atoms with E-state index in [2.05, 4.69) is 26.2 Å². The van der Waals surface area contributed by atoms with E-state index < -0.39 is 23.5 Å². The molecule has 0 aliphatic heterocycles. The van der Waals surface area contributed by atoms with Crippen molar-refractivity contribution in [3.8, 4) is 17.2 Å². The summed E-state index contributed by atoms with van der Waals surface area (Å²) in [6.07, 6.45) is 0. The number of phenolic OH excluding ortho intramolecular Hbond substituents is 1. The molecule has 1 aromatic carbocycles. The van der Waals surface area contributed by atoms with Crippen molar-refractivity contribution >= 4 is 50.9 Å². The maximum Gasteiger partial charge on any atom is 0.322 e. The Balaban J connectivity index is 2.39. The Morgan fingerprint density at radius 2 is 2.09 bits per heavy atom. The van der Waals surface area contributed by atoms with Crippen LogP contribution in [0.4, 0.5) is 10.2 Å². The highest BCUT2D eigenvalue weighted by Gasteiger charge is 2.20. The highest BCUT2D eigenvalue weighted by Crippen LogP contribution is 2.42. The largest absolute Gasteiger partial charge is 0.507 e. The molecule has 0 unspecified atom stereocenters. The predicted molar refractivity (Wildman–Crippen MR) is 86.2 cm³/mol. The summed E-state index contributed by atoms with van der Waals surface area (Å²) < 4.78 is 19.6. The first-order valence-electron chi connectivity index (χ1n) is 5.96. The van der Waals surface area contributed by atoms with Crippen molar-refractivity contribution < 1.29 is 24.1 Å². The summed E-state index contributed by atoms with van der Waals surface area (Å²) in [6.45, 7) is -0.516. The van der Waals surface area contributed by atoms with Gasteiger partial charge in [-0.1, -0.05) is 23.2 Å². The van der Waals surface area contributed by atoms with Gasteiger partial charge in [0.1, 0.15) is 28.1 Å². The molecule has 0 amide bonds. The van der Waals surface area contributed by atoms with Gasteiger partial charge in [-0.3, -0.25) is 4.79 Å². The molecule has 0 radical (unpaired) electrons. The van der Waals surface area contributed by atoms with E-state index >= 15 is 0 Å². The van der Waals surface area contributed by atoms with Gasteiger partial charge in [-0.2, -0.15) is 9.37 Å². The number of aliphatic carboxylic acids is 1. The molecule has 6 nitrogen and oxygen atoms in total. The van der Waals surface area contributed by atoms with Crippen LogP contribution in [0.25, 0.3) is 0 Å².